The molecule has 0 aliphatic carbocycles. The van der Waals surface area contributed by atoms with Gasteiger partial charge in [-0.2, -0.15) is 0 Å². The van der Waals surface area contributed by atoms with E-state index in [1.54, 1.807) is 0 Å². The SMILES string of the molecule is CCNCCOCCOCCOCCC(=O)C(C)C. The van der Waals surface area contributed by atoms with Crippen molar-refractivity contribution in [2.45, 2.75) is 27.2 Å². The number of carbonyl (C=O) groups is 1. The minimum absolute atomic E-state index is 0.0965. The first-order valence-electron chi connectivity index (χ1n) is 7.15. The smallest absolute Gasteiger partial charge is 0.137 e. The highest BCUT2D eigenvalue weighted by Crippen LogP contribution is 1.98. The Labute approximate surface area is 117 Å². The maximum Gasteiger partial charge on any atom is 0.137 e. The van der Waals surface area contributed by atoms with Gasteiger partial charge in [0.1, 0.15) is 5.78 Å². The lowest BCUT2D eigenvalue weighted by Crippen LogP contribution is -2.20. The molecule has 0 fully saturated rings. The molecule has 0 heterocycles. The Hall–Kier alpha value is -0.490. The Balaban J connectivity index is 3.05. The second kappa shape index (κ2) is 13.9. The zero-order valence-corrected chi connectivity index (χ0v) is 12.6. The number of hydrogen-bond acceptors (Lipinski definition) is 5. The highest BCUT2D eigenvalue weighted by Gasteiger charge is 2.05. The second-order valence-electron chi connectivity index (χ2n) is 4.56. The van der Waals surface area contributed by atoms with Crippen LogP contribution < -0.4 is 5.32 Å². The molecule has 0 aliphatic heterocycles. The summed E-state index contributed by atoms with van der Waals surface area (Å²) in [5.41, 5.74) is 0. The van der Waals surface area contributed by atoms with Gasteiger partial charge in [-0.25, -0.2) is 0 Å². The van der Waals surface area contributed by atoms with Crippen LogP contribution in [-0.4, -0.2) is 58.5 Å². The highest BCUT2D eigenvalue weighted by atomic mass is 16.5. The number of rotatable bonds is 14. The molecule has 114 valence electrons. The topological polar surface area (TPSA) is 56.8 Å². The summed E-state index contributed by atoms with van der Waals surface area (Å²) in [7, 11) is 0. The molecule has 5 heteroatoms. The molecule has 0 rings (SSSR count). The summed E-state index contributed by atoms with van der Waals surface area (Å²) >= 11 is 0. The monoisotopic (exact) mass is 275 g/mol. The zero-order valence-electron chi connectivity index (χ0n) is 12.6. The first-order valence-corrected chi connectivity index (χ1v) is 7.15. The molecule has 1 N–H and O–H groups in total. The van der Waals surface area contributed by atoms with Crippen molar-refractivity contribution < 1.29 is 19.0 Å². The van der Waals surface area contributed by atoms with E-state index < -0.39 is 0 Å². The maximum atomic E-state index is 11.3. The standard InChI is InChI=1S/C14H29NO4/c1-4-15-6-8-18-10-12-19-11-9-17-7-5-14(16)13(2)3/h13,15H,4-12H2,1-3H3. The van der Waals surface area contributed by atoms with Crippen molar-refractivity contribution in [3.8, 4) is 0 Å². The van der Waals surface area contributed by atoms with Crippen LogP contribution in [0.15, 0.2) is 0 Å². The quantitative estimate of drug-likeness (QED) is 0.484. The van der Waals surface area contributed by atoms with Crippen molar-refractivity contribution in [3.05, 3.63) is 0 Å². The van der Waals surface area contributed by atoms with Crippen molar-refractivity contribution in [2.75, 3.05) is 52.7 Å². The largest absolute Gasteiger partial charge is 0.379 e. The molecule has 0 aromatic heterocycles. The summed E-state index contributed by atoms with van der Waals surface area (Å²) < 4.78 is 16.0. The van der Waals surface area contributed by atoms with Gasteiger partial charge in [-0.05, 0) is 6.54 Å². The third-order valence-corrected chi connectivity index (χ3v) is 2.55. The molecule has 0 radical (unpaired) electrons. The molecule has 0 amide bonds. The molecule has 0 unspecified atom stereocenters. The molecule has 0 saturated heterocycles. The molecule has 0 spiro atoms. The van der Waals surface area contributed by atoms with Gasteiger partial charge in [0, 0.05) is 18.9 Å². The molecule has 0 bridgehead atoms. The number of likely N-dealkylation sites (N-methyl/N-ethyl adjacent to an activating group) is 1. The lowest BCUT2D eigenvalue weighted by molar-refractivity contribution is -0.123. The molecule has 0 aliphatic rings. The van der Waals surface area contributed by atoms with Gasteiger partial charge in [-0.1, -0.05) is 20.8 Å². The molecule has 5 nitrogen and oxygen atoms in total. The second-order valence-corrected chi connectivity index (χ2v) is 4.56. The summed E-state index contributed by atoms with van der Waals surface area (Å²) in [6.45, 7) is 11.2. The van der Waals surface area contributed by atoms with Crippen LogP contribution in [0.25, 0.3) is 0 Å². The average molecular weight is 275 g/mol. The number of carbonyl (C=O) groups excluding carboxylic acids is 1. The summed E-state index contributed by atoms with van der Waals surface area (Å²) in [5.74, 6) is 0.342. The van der Waals surface area contributed by atoms with Gasteiger partial charge < -0.3 is 19.5 Å². The normalized spacial score (nSPS) is 11.2. The van der Waals surface area contributed by atoms with Crippen LogP contribution in [0.2, 0.25) is 0 Å². The summed E-state index contributed by atoms with van der Waals surface area (Å²) in [5, 5.41) is 3.18. The van der Waals surface area contributed by atoms with Gasteiger partial charge in [-0.15, -0.1) is 0 Å². The van der Waals surface area contributed by atoms with Crippen LogP contribution in [0.4, 0.5) is 0 Å². The average Bonchev–Trinajstić information content (AvgIpc) is 2.39. The van der Waals surface area contributed by atoms with Crippen molar-refractivity contribution in [1.29, 1.82) is 0 Å². The first kappa shape index (κ1) is 18.5. The van der Waals surface area contributed by atoms with Gasteiger partial charge in [0.05, 0.1) is 39.6 Å². The summed E-state index contributed by atoms with van der Waals surface area (Å²) in [4.78, 5) is 11.3. The van der Waals surface area contributed by atoms with Gasteiger partial charge in [0.25, 0.3) is 0 Å². The third-order valence-electron chi connectivity index (χ3n) is 2.55. The van der Waals surface area contributed by atoms with E-state index in [1.165, 1.54) is 0 Å². The van der Waals surface area contributed by atoms with Crippen LogP contribution in [0.3, 0.4) is 0 Å². The van der Waals surface area contributed by atoms with Crippen molar-refractivity contribution in [2.24, 2.45) is 5.92 Å². The third kappa shape index (κ3) is 13.7. The van der Waals surface area contributed by atoms with E-state index in [4.69, 9.17) is 14.2 Å². The van der Waals surface area contributed by atoms with Gasteiger partial charge in [-0.3, -0.25) is 4.79 Å². The molecule has 0 atom stereocenters. The van der Waals surface area contributed by atoms with E-state index in [9.17, 15) is 4.79 Å². The van der Waals surface area contributed by atoms with Gasteiger partial charge in [0.15, 0.2) is 0 Å². The number of hydrogen-bond donors (Lipinski definition) is 1. The maximum absolute atomic E-state index is 11.3. The lowest BCUT2D eigenvalue weighted by atomic mass is 10.1. The Kier molecular flexibility index (Phi) is 13.6. The van der Waals surface area contributed by atoms with Crippen LogP contribution in [0.1, 0.15) is 27.2 Å². The van der Waals surface area contributed by atoms with Crippen LogP contribution >= 0.6 is 0 Å². The number of ether oxygens (including phenoxy) is 3. The first-order chi connectivity index (χ1) is 9.18. The Bertz CT molecular complexity index is 210. The number of nitrogens with one attached hydrogen (secondary N) is 1. The van der Waals surface area contributed by atoms with Gasteiger partial charge in [0.2, 0.25) is 0 Å². The van der Waals surface area contributed by atoms with E-state index in [1.807, 2.05) is 13.8 Å². The lowest BCUT2D eigenvalue weighted by Gasteiger charge is -2.07. The molecular weight excluding hydrogens is 246 g/mol. The van der Waals surface area contributed by atoms with E-state index in [0.29, 0.717) is 46.1 Å². The highest BCUT2D eigenvalue weighted by molar-refractivity contribution is 5.80. The van der Waals surface area contributed by atoms with E-state index in [2.05, 4.69) is 12.2 Å². The predicted octanol–water partition coefficient (Wildman–Crippen LogP) is 1.26. The molecule has 0 aromatic rings. The van der Waals surface area contributed by atoms with E-state index in [0.717, 1.165) is 13.1 Å². The van der Waals surface area contributed by atoms with E-state index >= 15 is 0 Å². The van der Waals surface area contributed by atoms with Crippen molar-refractivity contribution >= 4 is 5.78 Å². The molecule has 0 aromatic carbocycles. The fourth-order valence-corrected chi connectivity index (χ4v) is 1.32. The molecule has 0 saturated carbocycles. The van der Waals surface area contributed by atoms with Gasteiger partial charge >= 0.3 is 0 Å². The van der Waals surface area contributed by atoms with Crippen molar-refractivity contribution in [1.82, 2.24) is 5.32 Å². The van der Waals surface area contributed by atoms with Crippen LogP contribution in [-0.2, 0) is 19.0 Å². The summed E-state index contributed by atoms with van der Waals surface area (Å²) in [6.07, 6.45) is 0.491. The predicted molar refractivity (Wildman–Crippen MR) is 75.5 cm³/mol. The fraction of sp³-hybridized carbons (Fsp3) is 0.929. The Morgan fingerprint density at radius 2 is 1.47 bits per heavy atom. The van der Waals surface area contributed by atoms with Crippen LogP contribution in [0.5, 0.6) is 0 Å². The van der Waals surface area contributed by atoms with Crippen molar-refractivity contribution in [3.63, 3.8) is 0 Å². The number of ketones is 1. The molecular formula is C14H29NO4. The minimum Gasteiger partial charge on any atom is -0.379 e. The molecule has 19 heavy (non-hydrogen) atoms. The Morgan fingerprint density at radius 3 is 2.00 bits per heavy atom. The van der Waals surface area contributed by atoms with Crippen LogP contribution in [0, 0.1) is 5.92 Å². The fourth-order valence-electron chi connectivity index (χ4n) is 1.32. The minimum atomic E-state index is 0.0965. The number of Topliss-reactive ketones (excluding diaryl/α,β-unsaturated/α-hetero) is 1. The van der Waals surface area contributed by atoms with E-state index in [-0.39, 0.29) is 11.7 Å². The Morgan fingerprint density at radius 1 is 0.947 bits per heavy atom. The summed E-state index contributed by atoms with van der Waals surface area (Å²) in [6, 6.07) is 0. The zero-order chi connectivity index (χ0) is 14.3.